The number of nitrogens with two attached hydrogens (primary N) is 1. The fraction of sp³-hybridized carbons (Fsp3) is 0.568. The molecular formula is C37H58N10O10. The number of hydrogen-bond donors (Lipinski definition) is 12. The molecule has 0 spiro atoms. The Hall–Kier alpha value is -5.60. The second-order valence-electron chi connectivity index (χ2n) is 14.0. The van der Waals surface area contributed by atoms with Crippen molar-refractivity contribution in [2.45, 2.75) is 95.8 Å². The summed E-state index contributed by atoms with van der Waals surface area (Å²) in [6, 6.07) is 2.60. The van der Waals surface area contributed by atoms with Crippen molar-refractivity contribution in [2.75, 3.05) is 32.7 Å². The third-order valence-corrected chi connectivity index (χ3v) is 9.00. The zero-order valence-corrected chi connectivity index (χ0v) is 32.8. The first-order chi connectivity index (χ1) is 26.9. The van der Waals surface area contributed by atoms with E-state index in [9.17, 15) is 48.6 Å². The van der Waals surface area contributed by atoms with E-state index in [0.29, 0.717) is 12.0 Å². The Kier molecular flexibility index (Phi) is 20.1. The molecule has 2 rings (SSSR count). The van der Waals surface area contributed by atoms with Gasteiger partial charge in [-0.2, -0.15) is 0 Å². The van der Waals surface area contributed by atoms with Gasteiger partial charge in [0.15, 0.2) is 0 Å². The van der Waals surface area contributed by atoms with Crippen molar-refractivity contribution >= 4 is 47.3 Å². The lowest BCUT2D eigenvalue weighted by atomic mass is 9.97. The minimum absolute atomic E-state index is 0.0239. The molecular weight excluding hydrogens is 744 g/mol. The lowest BCUT2D eigenvalue weighted by Crippen LogP contribution is -2.56. The molecule has 8 atom stereocenters. The number of rotatable bonds is 12. The van der Waals surface area contributed by atoms with Gasteiger partial charge >= 0.3 is 0 Å². The summed E-state index contributed by atoms with van der Waals surface area (Å²) >= 11 is 0. The van der Waals surface area contributed by atoms with Crippen molar-refractivity contribution < 1.29 is 48.6 Å². The van der Waals surface area contributed by atoms with Crippen molar-refractivity contribution in [1.29, 1.82) is 0 Å². The largest absolute Gasteiger partial charge is 0.391 e. The first-order valence-corrected chi connectivity index (χ1v) is 18.8. The van der Waals surface area contributed by atoms with Crippen LogP contribution in [0.3, 0.4) is 0 Å². The van der Waals surface area contributed by atoms with E-state index in [1.807, 2.05) is 13.8 Å². The fourth-order valence-corrected chi connectivity index (χ4v) is 5.38. The lowest BCUT2D eigenvalue weighted by molar-refractivity contribution is -0.133. The number of carbonyl (C=O) groups excluding carboxylic acids is 8. The number of carbonyl (C=O) groups is 8. The Bertz CT molecular complexity index is 1570. The van der Waals surface area contributed by atoms with E-state index in [4.69, 9.17) is 5.73 Å². The molecule has 0 bridgehead atoms. The number of aliphatic hydroxyl groups excluding tert-OH is 2. The molecule has 1 saturated heterocycles. The first kappa shape index (κ1) is 47.6. The normalized spacial score (nSPS) is 23.3. The molecule has 0 radical (unpaired) electrons. The minimum Gasteiger partial charge on any atom is -0.391 e. The Balaban J connectivity index is 2.40. The summed E-state index contributed by atoms with van der Waals surface area (Å²) in [4.78, 5) is 104. The van der Waals surface area contributed by atoms with E-state index in [1.54, 1.807) is 30.3 Å². The molecule has 0 saturated carbocycles. The van der Waals surface area contributed by atoms with Crippen LogP contribution in [-0.4, -0.2) is 133 Å². The molecule has 57 heavy (non-hydrogen) atoms. The maximum Gasteiger partial charge on any atom is 0.245 e. The quantitative estimate of drug-likeness (QED) is 0.0955. The van der Waals surface area contributed by atoms with Crippen molar-refractivity contribution in [2.24, 2.45) is 11.7 Å². The van der Waals surface area contributed by atoms with E-state index >= 15 is 0 Å². The van der Waals surface area contributed by atoms with E-state index < -0.39 is 109 Å². The summed E-state index contributed by atoms with van der Waals surface area (Å²) in [5, 5.41) is 42.6. The summed E-state index contributed by atoms with van der Waals surface area (Å²) in [6.45, 7) is 8.02. The van der Waals surface area contributed by atoms with Crippen molar-refractivity contribution in [3.63, 3.8) is 0 Å². The maximum atomic E-state index is 13.8. The van der Waals surface area contributed by atoms with Crippen molar-refractivity contribution in [3.8, 4) is 0 Å². The monoisotopic (exact) mass is 802 g/mol. The highest BCUT2D eigenvalue weighted by molar-refractivity contribution is 5.95. The Morgan fingerprint density at radius 2 is 1.42 bits per heavy atom. The Labute approximate surface area is 331 Å². The molecule has 1 aliphatic heterocycles. The second kappa shape index (κ2) is 24.1. The van der Waals surface area contributed by atoms with Crippen LogP contribution in [-0.2, 0) is 44.8 Å². The second-order valence-corrected chi connectivity index (χ2v) is 14.0. The van der Waals surface area contributed by atoms with Gasteiger partial charge in [-0.15, -0.1) is 0 Å². The Morgan fingerprint density at radius 3 is 2.05 bits per heavy atom. The van der Waals surface area contributed by atoms with Crippen LogP contribution in [0, 0.1) is 5.92 Å². The highest BCUT2D eigenvalue weighted by atomic mass is 16.3. The van der Waals surface area contributed by atoms with Gasteiger partial charge in [0.1, 0.15) is 30.2 Å². The maximum absolute atomic E-state index is 13.8. The highest BCUT2D eigenvalue weighted by Gasteiger charge is 2.30. The van der Waals surface area contributed by atoms with Crippen LogP contribution in [0.15, 0.2) is 42.6 Å². The van der Waals surface area contributed by atoms with Crippen LogP contribution in [0.2, 0.25) is 0 Å². The average molecular weight is 803 g/mol. The van der Waals surface area contributed by atoms with Gasteiger partial charge in [0.05, 0.1) is 38.4 Å². The smallest absolute Gasteiger partial charge is 0.245 e. The molecule has 1 aromatic rings. The topological polar surface area (TPSA) is 311 Å². The number of amides is 8. The molecule has 0 aliphatic carbocycles. The van der Waals surface area contributed by atoms with Gasteiger partial charge in [-0.05, 0) is 38.2 Å². The van der Waals surface area contributed by atoms with Gasteiger partial charge in [0.25, 0.3) is 0 Å². The van der Waals surface area contributed by atoms with E-state index in [2.05, 4.69) is 54.4 Å². The zero-order chi connectivity index (χ0) is 42.7. The van der Waals surface area contributed by atoms with Crippen LogP contribution < -0.4 is 53.6 Å². The van der Waals surface area contributed by atoms with Gasteiger partial charge in [0.2, 0.25) is 47.3 Å². The van der Waals surface area contributed by atoms with Gasteiger partial charge in [-0.25, -0.2) is 0 Å². The molecule has 8 amide bonds. The SMILES string of the molecule is C=C(CNC(=O)C(N)C(C)O)NC1CCNC(=O)C(C(C)O)NC(=O)CNC(=O)CNC(=O)C(CC(C)CC)NC(=O)C(Cc2ccccc2)NC(=O)CNC1=O. The molecule has 20 heteroatoms. The van der Waals surface area contributed by atoms with Crippen LogP contribution in [0.25, 0.3) is 0 Å². The van der Waals surface area contributed by atoms with E-state index in [1.165, 1.54) is 13.8 Å². The standard InChI is InChI=1S/C37H58N10O10/c1-6-20(2)14-26-34(54)42-17-28(50)40-18-30(52)47-32(23(5)49)37(57)39-13-12-25(44-21(3)16-41-36(56)31(38)22(4)48)33(53)43-19-29(51)45-27(35(55)46-26)15-24-10-8-7-9-11-24/h7-11,20,22-23,25-27,31-32,44,48-49H,3,6,12-19,38H2,1-2,4-5H3,(H,39,57)(H,40,50)(H,41,56)(H,42,54)(H,43,53)(H,45,51)(H,46,55)(H,47,52). The molecule has 1 heterocycles. The highest BCUT2D eigenvalue weighted by Crippen LogP contribution is 2.12. The summed E-state index contributed by atoms with van der Waals surface area (Å²) in [5.41, 5.74) is 6.48. The summed E-state index contributed by atoms with van der Waals surface area (Å²) in [7, 11) is 0. The molecule has 316 valence electrons. The summed E-state index contributed by atoms with van der Waals surface area (Å²) in [5.74, 6) is -5.99. The molecule has 1 fully saturated rings. The molecule has 8 unspecified atom stereocenters. The minimum atomic E-state index is -1.46. The number of benzene rings is 1. The molecule has 1 aromatic carbocycles. The summed E-state index contributed by atoms with van der Waals surface area (Å²) in [6.07, 6.45) is -1.77. The first-order valence-electron chi connectivity index (χ1n) is 18.8. The van der Waals surface area contributed by atoms with Gasteiger partial charge in [-0.3, -0.25) is 38.4 Å². The third kappa shape index (κ3) is 17.4. The van der Waals surface area contributed by atoms with E-state index in [0.717, 1.165) is 0 Å². The van der Waals surface area contributed by atoms with Gasteiger partial charge < -0.3 is 63.8 Å². The van der Waals surface area contributed by atoms with E-state index in [-0.39, 0.29) is 44.0 Å². The number of hydrogen-bond acceptors (Lipinski definition) is 12. The fourth-order valence-electron chi connectivity index (χ4n) is 5.38. The predicted octanol–water partition coefficient (Wildman–Crippen LogP) is -4.33. The third-order valence-electron chi connectivity index (χ3n) is 9.00. The zero-order valence-electron chi connectivity index (χ0n) is 32.8. The Morgan fingerprint density at radius 1 is 0.807 bits per heavy atom. The molecule has 20 nitrogen and oxygen atoms in total. The van der Waals surface area contributed by atoms with Crippen LogP contribution >= 0.6 is 0 Å². The van der Waals surface area contributed by atoms with Crippen LogP contribution in [0.4, 0.5) is 0 Å². The number of aliphatic hydroxyl groups is 2. The summed E-state index contributed by atoms with van der Waals surface area (Å²) < 4.78 is 0. The number of nitrogens with one attached hydrogen (secondary N) is 9. The molecule has 13 N–H and O–H groups in total. The average Bonchev–Trinajstić information content (AvgIpc) is 3.17. The predicted molar refractivity (Wildman–Crippen MR) is 207 cm³/mol. The van der Waals surface area contributed by atoms with Crippen molar-refractivity contribution in [3.05, 3.63) is 48.2 Å². The van der Waals surface area contributed by atoms with Crippen molar-refractivity contribution in [1.82, 2.24) is 47.9 Å². The van der Waals surface area contributed by atoms with Crippen LogP contribution in [0.5, 0.6) is 0 Å². The molecule has 1 aliphatic rings. The molecule has 0 aromatic heterocycles. The lowest BCUT2D eigenvalue weighted by Gasteiger charge is -2.25. The van der Waals surface area contributed by atoms with Gasteiger partial charge in [0, 0.05) is 18.7 Å². The van der Waals surface area contributed by atoms with Crippen LogP contribution in [0.1, 0.15) is 52.5 Å². The van der Waals surface area contributed by atoms with Gasteiger partial charge in [-0.1, -0.05) is 57.2 Å².